The van der Waals surface area contributed by atoms with Gasteiger partial charge in [0.25, 0.3) is 5.91 Å². The first-order valence-electron chi connectivity index (χ1n) is 5.95. The van der Waals surface area contributed by atoms with E-state index in [1.165, 1.54) is 0 Å². The summed E-state index contributed by atoms with van der Waals surface area (Å²) in [5.74, 6) is 0.233. The molecule has 0 bridgehead atoms. The molecular formula is C15H16NO2. The number of ether oxygens (including phenoxy) is 1. The Balaban J connectivity index is 2.33. The molecule has 2 N–H and O–H groups in total. The van der Waals surface area contributed by atoms with E-state index in [4.69, 9.17) is 10.5 Å². The number of amides is 1. The fourth-order valence-corrected chi connectivity index (χ4v) is 1.90. The first kappa shape index (κ1) is 12.4. The van der Waals surface area contributed by atoms with E-state index in [2.05, 4.69) is 6.92 Å². The molecule has 2 aromatic rings. The third kappa shape index (κ3) is 2.62. The van der Waals surface area contributed by atoms with E-state index in [0.717, 1.165) is 10.8 Å². The van der Waals surface area contributed by atoms with Crippen LogP contribution in [0.4, 0.5) is 0 Å². The molecule has 0 heterocycles. The van der Waals surface area contributed by atoms with Crippen molar-refractivity contribution in [3.63, 3.8) is 0 Å². The molecule has 2 aromatic carbocycles. The van der Waals surface area contributed by atoms with Crippen molar-refractivity contribution in [1.82, 2.24) is 0 Å². The van der Waals surface area contributed by atoms with Crippen molar-refractivity contribution < 1.29 is 9.53 Å². The predicted molar refractivity (Wildman–Crippen MR) is 72.1 cm³/mol. The van der Waals surface area contributed by atoms with E-state index in [0.29, 0.717) is 18.6 Å². The van der Waals surface area contributed by atoms with Crippen LogP contribution in [-0.2, 0) is 4.79 Å². The van der Waals surface area contributed by atoms with E-state index in [-0.39, 0.29) is 0 Å². The minimum absolute atomic E-state index is 0.452. The quantitative estimate of drug-likeness (QED) is 0.876. The van der Waals surface area contributed by atoms with Gasteiger partial charge in [0.1, 0.15) is 5.75 Å². The molecule has 1 unspecified atom stereocenters. The summed E-state index contributed by atoms with van der Waals surface area (Å²) in [6, 6.07) is 13.6. The van der Waals surface area contributed by atoms with Crippen LogP contribution in [0.25, 0.3) is 10.8 Å². The Kier molecular flexibility index (Phi) is 3.82. The highest BCUT2D eigenvalue weighted by molar-refractivity contribution is 5.88. The van der Waals surface area contributed by atoms with Crippen molar-refractivity contribution in [2.24, 2.45) is 5.73 Å². The highest BCUT2D eigenvalue weighted by atomic mass is 16.5. The molecule has 18 heavy (non-hydrogen) atoms. The van der Waals surface area contributed by atoms with Crippen LogP contribution in [-0.4, -0.2) is 12.0 Å². The lowest BCUT2D eigenvalue weighted by molar-refractivity contribution is -0.124. The normalized spacial score (nSPS) is 12.3. The van der Waals surface area contributed by atoms with Gasteiger partial charge >= 0.3 is 0 Å². The van der Waals surface area contributed by atoms with Gasteiger partial charge in [-0.25, -0.2) is 0 Å². The molecular weight excluding hydrogens is 226 g/mol. The molecule has 0 fully saturated rings. The first-order valence-corrected chi connectivity index (χ1v) is 5.95. The van der Waals surface area contributed by atoms with Crippen LogP contribution in [0.1, 0.15) is 12.8 Å². The average molecular weight is 242 g/mol. The minimum Gasteiger partial charge on any atom is -0.480 e. The molecule has 0 aliphatic carbocycles. The Hall–Kier alpha value is -2.03. The molecule has 1 radical (unpaired) electrons. The van der Waals surface area contributed by atoms with Crippen LogP contribution in [0.2, 0.25) is 0 Å². The van der Waals surface area contributed by atoms with E-state index < -0.39 is 12.0 Å². The maximum atomic E-state index is 11.3. The Morgan fingerprint density at radius 3 is 2.67 bits per heavy atom. The Labute approximate surface area is 107 Å². The number of hydrogen-bond donors (Lipinski definition) is 1. The zero-order valence-corrected chi connectivity index (χ0v) is 10.1. The molecule has 2 rings (SSSR count). The molecule has 0 spiro atoms. The van der Waals surface area contributed by atoms with Crippen molar-refractivity contribution >= 4 is 16.7 Å². The monoisotopic (exact) mass is 242 g/mol. The van der Waals surface area contributed by atoms with Crippen LogP contribution >= 0.6 is 0 Å². The molecule has 0 saturated heterocycles. The van der Waals surface area contributed by atoms with Gasteiger partial charge in [0.05, 0.1) is 0 Å². The van der Waals surface area contributed by atoms with Crippen molar-refractivity contribution in [1.29, 1.82) is 0 Å². The van der Waals surface area contributed by atoms with Gasteiger partial charge < -0.3 is 10.5 Å². The lowest BCUT2D eigenvalue weighted by Crippen LogP contribution is -2.33. The zero-order chi connectivity index (χ0) is 13.0. The average Bonchev–Trinajstić information content (AvgIpc) is 2.38. The molecule has 1 atom stereocenters. The number of hydrogen-bond acceptors (Lipinski definition) is 2. The number of carbonyl (C=O) groups is 1. The molecule has 0 aliphatic rings. The fraction of sp³-hybridized carbons (Fsp3) is 0.200. The third-order valence-electron chi connectivity index (χ3n) is 2.80. The second kappa shape index (κ2) is 5.54. The van der Waals surface area contributed by atoms with Crippen molar-refractivity contribution in [2.75, 3.05) is 0 Å². The smallest absolute Gasteiger partial charge is 0.258 e. The van der Waals surface area contributed by atoms with E-state index in [9.17, 15) is 4.79 Å². The molecule has 1 amide bonds. The van der Waals surface area contributed by atoms with Crippen molar-refractivity contribution in [3.05, 3.63) is 49.4 Å². The maximum Gasteiger partial charge on any atom is 0.258 e. The summed E-state index contributed by atoms with van der Waals surface area (Å²) in [5, 5.41) is 2.06. The summed E-state index contributed by atoms with van der Waals surface area (Å²) < 4.78 is 5.72. The second-order valence-corrected chi connectivity index (χ2v) is 4.13. The Morgan fingerprint density at radius 1 is 1.22 bits per heavy atom. The second-order valence-electron chi connectivity index (χ2n) is 4.13. The number of benzene rings is 2. The van der Waals surface area contributed by atoms with Gasteiger partial charge in [-0.15, -0.1) is 0 Å². The maximum absolute atomic E-state index is 11.3. The van der Waals surface area contributed by atoms with Gasteiger partial charge in [-0.2, -0.15) is 0 Å². The van der Waals surface area contributed by atoms with Gasteiger partial charge in [-0.1, -0.05) is 43.3 Å². The summed E-state index contributed by atoms with van der Waals surface area (Å²) in [6.07, 6.45) is 0.519. The van der Waals surface area contributed by atoms with E-state index in [1.807, 2.05) is 42.5 Å². The standard InChI is InChI=1S/C15H16NO2/c1-2-6-14(15(16)17)18-13-10-5-8-11-7-3-4-9-12(11)13/h3-5,7-10,14H,1-2,6H2,(H2,16,17). The van der Waals surface area contributed by atoms with Crippen molar-refractivity contribution in [3.8, 4) is 5.75 Å². The molecule has 0 aromatic heterocycles. The molecule has 93 valence electrons. The first-order chi connectivity index (χ1) is 8.72. The molecule has 0 aliphatic heterocycles. The fourth-order valence-electron chi connectivity index (χ4n) is 1.90. The summed E-state index contributed by atoms with van der Waals surface area (Å²) >= 11 is 0. The molecule has 0 saturated carbocycles. The Morgan fingerprint density at radius 2 is 1.94 bits per heavy atom. The van der Waals surface area contributed by atoms with E-state index >= 15 is 0 Å². The largest absolute Gasteiger partial charge is 0.480 e. The lowest BCUT2D eigenvalue weighted by atomic mass is 10.1. The van der Waals surface area contributed by atoms with Gasteiger partial charge in [0.2, 0.25) is 0 Å². The predicted octanol–water partition coefficient (Wildman–Crippen LogP) is 2.69. The third-order valence-corrected chi connectivity index (χ3v) is 2.80. The Bertz CT molecular complexity index is 546. The van der Waals surface area contributed by atoms with Crippen LogP contribution in [0.15, 0.2) is 42.5 Å². The topological polar surface area (TPSA) is 52.3 Å². The number of rotatable bonds is 5. The van der Waals surface area contributed by atoms with Crippen LogP contribution < -0.4 is 10.5 Å². The summed E-state index contributed by atoms with van der Waals surface area (Å²) in [5.41, 5.74) is 5.32. The molecule has 3 heteroatoms. The minimum atomic E-state index is -0.617. The number of nitrogens with two attached hydrogens (primary N) is 1. The summed E-state index contributed by atoms with van der Waals surface area (Å²) in [4.78, 5) is 11.3. The lowest BCUT2D eigenvalue weighted by Gasteiger charge is -2.16. The van der Waals surface area contributed by atoms with Gasteiger partial charge in [-0.3, -0.25) is 4.79 Å². The summed E-state index contributed by atoms with van der Waals surface area (Å²) in [7, 11) is 0. The van der Waals surface area contributed by atoms with Crippen molar-refractivity contribution in [2.45, 2.75) is 18.9 Å². The van der Waals surface area contributed by atoms with Crippen LogP contribution in [0.3, 0.4) is 0 Å². The van der Waals surface area contributed by atoms with Gasteiger partial charge in [0, 0.05) is 5.39 Å². The van der Waals surface area contributed by atoms with E-state index in [1.54, 1.807) is 0 Å². The highest BCUT2D eigenvalue weighted by Gasteiger charge is 2.16. The molecule has 3 nitrogen and oxygen atoms in total. The van der Waals surface area contributed by atoms with Gasteiger partial charge in [-0.05, 0) is 24.3 Å². The zero-order valence-electron chi connectivity index (χ0n) is 10.1. The van der Waals surface area contributed by atoms with Gasteiger partial charge in [0.15, 0.2) is 6.10 Å². The number of primary amides is 1. The summed E-state index contributed by atoms with van der Waals surface area (Å²) in [6.45, 7) is 3.72. The SMILES string of the molecule is [CH2]CCC(Oc1cccc2ccccc12)C(N)=O. The number of fused-ring (bicyclic) bond motifs is 1. The number of carbonyl (C=O) groups excluding carboxylic acids is 1. The van der Waals surface area contributed by atoms with Crippen LogP contribution in [0.5, 0.6) is 5.75 Å². The van der Waals surface area contributed by atoms with Crippen LogP contribution in [0, 0.1) is 6.92 Å². The highest BCUT2D eigenvalue weighted by Crippen LogP contribution is 2.26.